The zero-order chi connectivity index (χ0) is 10.9. The number of aromatic nitrogens is 1. The quantitative estimate of drug-likeness (QED) is 0.703. The molecule has 2 atom stereocenters. The number of aliphatic hydroxyl groups is 1. The third-order valence-corrected chi connectivity index (χ3v) is 4.17. The van der Waals surface area contributed by atoms with Crippen molar-refractivity contribution >= 4 is 16.5 Å². The summed E-state index contributed by atoms with van der Waals surface area (Å²) in [5.74, 6) is 0.256. The molecule has 1 aromatic rings. The summed E-state index contributed by atoms with van der Waals surface area (Å²) in [5.41, 5.74) is 4.78. The fourth-order valence-corrected chi connectivity index (χ4v) is 2.86. The average Bonchev–Trinajstić information content (AvgIpc) is 2.67. The molecule has 4 nitrogen and oxygen atoms in total. The van der Waals surface area contributed by atoms with Crippen LogP contribution in [0, 0.1) is 5.92 Å². The second-order valence-corrected chi connectivity index (χ2v) is 5.32. The molecule has 1 saturated heterocycles. The molecule has 2 unspecified atom stereocenters. The number of hydrogen-bond donors (Lipinski definition) is 3. The van der Waals surface area contributed by atoms with E-state index in [9.17, 15) is 5.11 Å². The van der Waals surface area contributed by atoms with Gasteiger partial charge in [-0.25, -0.2) is 4.98 Å². The van der Waals surface area contributed by atoms with Crippen molar-refractivity contribution in [2.75, 3.05) is 18.8 Å². The SMILES string of the molecule is CC(O)(c1cnc(N)s1)C1CCCNC1. The number of piperidine rings is 1. The van der Waals surface area contributed by atoms with Crippen LogP contribution in [0.1, 0.15) is 24.6 Å². The van der Waals surface area contributed by atoms with E-state index in [0.717, 1.165) is 30.8 Å². The molecule has 15 heavy (non-hydrogen) atoms. The third-order valence-electron chi connectivity index (χ3n) is 3.11. The zero-order valence-corrected chi connectivity index (χ0v) is 9.68. The zero-order valence-electron chi connectivity index (χ0n) is 8.86. The second-order valence-electron chi connectivity index (χ2n) is 4.25. The first-order valence-corrected chi connectivity index (χ1v) is 6.07. The first-order valence-electron chi connectivity index (χ1n) is 5.25. The van der Waals surface area contributed by atoms with Crippen LogP contribution in [0.2, 0.25) is 0 Å². The summed E-state index contributed by atoms with van der Waals surface area (Å²) in [5, 5.41) is 14.3. The van der Waals surface area contributed by atoms with E-state index in [0.29, 0.717) is 5.13 Å². The number of rotatable bonds is 2. The summed E-state index contributed by atoms with van der Waals surface area (Å²) in [4.78, 5) is 4.86. The van der Waals surface area contributed by atoms with Crippen LogP contribution in [-0.2, 0) is 5.60 Å². The first kappa shape index (κ1) is 10.9. The molecule has 0 spiro atoms. The van der Waals surface area contributed by atoms with Gasteiger partial charge in [-0.05, 0) is 26.3 Å². The molecule has 0 amide bonds. The van der Waals surface area contributed by atoms with Crippen LogP contribution < -0.4 is 11.1 Å². The Balaban J connectivity index is 2.17. The number of anilines is 1. The van der Waals surface area contributed by atoms with Crippen LogP contribution in [0.3, 0.4) is 0 Å². The lowest BCUT2D eigenvalue weighted by molar-refractivity contribution is -0.0125. The fraction of sp³-hybridized carbons (Fsp3) is 0.700. The monoisotopic (exact) mass is 227 g/mol. The summed E-state index contributed by atoms with van der Waals surface area (Å²) >= 11 is 1.38. The largest absolute Gasteiger partial charge is 0.384 e. The van der Waals surface area contributed by atoms with Crippen LogP contribution in [-0.4, -0.2) is 23.2 Å². The van der Waals surface area contributed by atoms with E-state index in [1.165, 1.54) is 11.3 Å². The van der Waals surface area contributed by atoms with Crippen molar-refractivity contribution < 1.29 is 5.11 Å². The highest BCUT2D eigenvalue weighted by Crippen LogP contribution is 2.36. The summed E-state index contributed by atoms with van der Waals surface area (Å²) in [6.45, 7) is 3.78. The maximum absolute atomic E-state index is 10.5. The van der Waals surface area contributed by atoms with Crippen LogP contribution in [0.5, 0.6) is 0 Å². The molecule has 0 aliphatic carbocycles. The molecule has 1 aromatic heterocycles. The van der Waals surface area contributed by atoms with Gasteiger partial charge < -0.3 is 16.2 Å². The van der Waals surface area contributed by atoms with Gasteiger partial charge in [0.1, 0.15) is 5.60 Å². The standard InChI is InChI=1S/C10H17N3OS/c1-10(14,7-3-2-4-12-5-7)8-6-13-9(11)15-8/h6-7,12,14H,2-5H2,1H3,(H2,11,13). The summed E-state index contributed by atoms with van der Waals surface area (Å²) < 4.78 is 0. The minimum Gasteiger partial charge on any atom is -0.384 e. The maximum atomic E-state index is 10.5. The predicted octanol–water partition coefficient (Wildman–Crippen LogP) is 0.932. The van der Waals surface area contributed by atoms with Crippen LogP contribution in [0.25, 0.3) is 0 Å². The van der Waals surface area contributed by atoms with Gasteiger partial charge in [-0.3, -0.25) is 0 Å². The fourth-order valence-electron chi connectivity index (χ4n) is 2.05. The molecule has 0 bridgehead atoms. The van der Waals surface area contributed by atoms with Gasteiger partial charge in [-0.1, -0.05) is 11.3 Å². The van der Waals surface area contributed by atoms with Gasteiger partial charge in [-0.2, -0.15) is 0 Å². The van der Waals surface area contributed by atoms with Gasteiger partial charge in [0.15, 0.2) is 5.13 Å². The number of thiazole rings is 1. The Kier molecular flexibility index (Phi) is 2.95. The second kappa shape index (κ2) is 4.08. The number of nitrogens with two attached hydrogens (primary N) is 1. The Morgan fingerprint density at radius 1 is 1.73 bits per heavy atom. The molecule has 1 fully saturated rings. The van der Waals surface area contributed by atoms with E-state index in [-0.39, 0.29) is 5.92 Å². The average molecular weight is 227 g/mol. The van der Waals surface area contributed by atoms with Gasteiger partial charge in [0.25, 0.3) is 0 Å². The lowest BCUT2D eigenvalue weighted by Gasteiger charge is -2.34. The lowest BCUT2D eigenvalue weighted by Crippen LogP contribution is -2.41. The third kappa shape index (κ3) is 2.14. The van der Waals surface area contributed by atoms with Crippen LogP contribution in [0.15, 0.2) is 6.20 Å². The van der Waals surface area contributed by atoms with Crippen molar-refractivity contribution in [2.24, 2.45) is 5.92 Å². The van der Waals surface area contributed by atoms with Crippen molar-refractivity contribution in [3.63, 3.8) is 0 Å². The molecule has 1 aliphatic heterocycles. The van der Waals surface area contributed by atoms with Gasteiger partial charge in [0.05, 0.1) is 4.88 Å². The van der Waals surface area contributed by atoms with E-state index in [1.807, 2.05) is 6.92 Å². The number of hydrogen-bond acceptors (Lipinski definition) is 5. The Morgan fingerprint density at radius 3 is 3.07 bits per heavy atom. The molecule has 0 aromatic carbocycles. The van der Waals surface area contributed by atoms with E-state index < -0.39 is 5.60 Å². The van der Waals surface area contributed by atoms with Crippen molar-refractivity contribution in [1.29, 1.82) is 0 Å². The smallest absolute Gasteiger partial charge is 0.180 e. The highest BCUT2D eigenvalue weighted by molar-refractivity contribution is 7.15. The predicted molar refractivity (Wildman–Crippen MR) is 61.7 cm³/mol. The molecular weight excluding hydrogens is 210 g/mol. The van der Waals surface area contributed by atoms with Crippen molar-refractivity contribution in [1.82, 2.24) is 10.3 Å². The molecule has 2 rings (SSSR count). The van der Waals surface area contributed by atoms with Gasteiger partial charge in [0.2, 0.25) is 0 Å². The molecular formula is C10H17N3OS. The van der Waals surface area contributed by atoms with Crippen molar-refractivity contribution in [3.8, 4) is 0 Å². The molecule has 1 aliphatic rings. The maximum Gasteiger partial charge on any atom is 0.180 e. The highest BCUT2D eigenvalue weighted by atomic mass is 32.1. The molecule has 0 saturated carbocycles. The lowest BCUT2D eigenvalue weighted by atomic mass is 9.83. The topological polar surface area (TPSA) is 71.2 Å². The Labute approximate surface area is 93.5 Å². The van der Waals surface area contributed by atoms with E-state index in [1.54, 1.807) is 6.20 Å². The Hall–Kier alpha value is -0.650. The summed E-state index contributed by atoms with van der Waals surface area (Å²) in [7, 11) is 0. The Morgan fingerprint density at radius 2 is 2.53 bits per heavy atom. The minimum atomic E-state index is -0.803. The van der Waals surface area contributed by atoms with Gasteiger partial charge in [-0.15, -0.1) is 0 Å². The van der Waals surface area contributed by atoms with Crippen molar-refractivity contribution in [2.45, 2.75) is 25.4 Å². The molecule has 84 valence electrons. The molecule has 4 N–H and O–H groups in total. The van der Waals surface area contributed by atoms with E-state index in [4.69, 9.17) is 5.73 Å². The summed E-state index contributed by atoms with van der Waals surface area (Å²) in [6, 6.07) is 0. The van der Waals surface area contributed by atoms with E-state index >= 15 is 0 Å². The van der Waals surface area contributed by atoms with Crippen LogP contribution >= 0.6 is 11.3 Å². The number of nitrogens with zero attached hydrogens (tertiary/aromatic N) is 1. The van der Waals surface area contributed by atoms with E-state index in [2.05, 4.69) is 10.3 Å². The number of nitrogens with one attached hydrogen (secondary N) is 1. The Bertz CT molecular complexity index is 331. The van der Waals surface area contributed by atoms with Crippen LogP contribution in [0.4, 0.5) is 5.13 Å². The molecule has 2 heterocycles. The molecule has 0 radical (unpaired) electrons. The normalized spacial score (nSPS) is 26.1. The summed E-state index contributed by atoms with van der Waals surface area (Å²) in [6.07, 6.45) is 3.86. The van der Waals surface area contributed by atoms with Gasteiger partial charge >= 0.3 is 0 Å². The molecule has 5 heteroatoms. The highest BCUT2D eigenvalue weighted by Gasteiger charge is 2.35. The minimum absolute atomic E-state index is 0.256. The number of nitrogen functional groups attached to an aromatic ring is 1. The first-order chi connectivity index (χ1) is 7.10. The van der Waals surface area contributed by atoms with Gasteiger partial charge in [0, 0.05) is 18.7 Å². The van der Waals surface area contributed by atoms with Crippen molar-refractivity contribution in [3.05, 3.63) is 11.1 Å².